The predicted molar refractivity (Wildman–Crippen MR) is 41.4 cm³/mol. The Labute approximate surface area is 70.2 Å². The Morgan fingerprint density at radius 2 is 2.67 bits per heavy atom. The minimum Gasteiger partial charge on any atom is -0.454 e. The molecule has 0 spiro atoms. The van der Waals surface area contributed by atoms with Gasteiger partial charge in [0.05, 0.1) is 0 Å². The Bertz CT molecular complexity index is 306. The SMILES string of the molecule is CC(=O)OC1CCn2ccnc21. The quantitative estimate of drug-likeness (QED) is 0.582. The number of aryl methyl sites for hydroxylation is 1. The molecule has 0 amide bonds. The number of rotatable bonds is 1. The standard InChI is InChI=1S/C8H10N2O2/c1-6(11)12-7-2-4-10-5-3-9-8(7)10/h3,5,7H,2,4H2,1H3. The smallest absolute Gasteiger partial charge is 0.303 e. The third-order valence-corrected chi connectivity index (χ3v) is 1.98. The second kappa shape index (κ2) is 2.62. The van der Waals surface area contributed by atoms with Crippen molar-refractivity contribution in [1.82, 2.24) is 9.55 Å². The number of hydrogen-bond acceptors (Lipinski definition) is 3. The average Bonchev–Trinajstić information content (AvgIpc) is 2.52. The molecule has 1 atom stereocenters. The van der Waals surface area contributed by atoms with Gasteiger partial charge in [0.15, 0.2) is 6.10 Å². The molecule has 0 aromatic carbocycles. The monoisotopic (exact) mass is 166 g/mol. The minimum absolute atomic E-state index is 0.127. The number of fused-ring (bicyclic) bond motifs is 1. The molecule has 1 aliphatic rings. The third kappa shape index (κ3) is 1.09. The van der Waals surface area contributed by atoms with E-state index < -0.39 is 0 Å². The fraction of sp³-hybridized carbons (Fsp3) is 0.500. The largest absolute Gasteiger partial charge is 0.454 e. The van der Waals surface area contributed by atoms with Gasteiger partial charge in [0, 0.05) is 32.3 Å². The number of esters is 1. The Balaban J connectivity index is 2.17. The lowest BCUT2D eigenvalue weighted by molar-refractivity contribution is -0.146. The van der Waals surface area contributed by atoms with Crippen molar-refractivity contribution in [1.29, 1.82) is 0 Å². The van der Waals surface area contributed by atoms with Gasteiger partial charge in [0.25, 0.3) is 0 Å². The van der Waals surface area contributed by atoms with Crippen molar-refractivity contribution in [3.05, 3.63) is 18.2 Å². The van der Waals surface area contributed by atoms with Gasteiger partial charge >= 0.3 is 5.97 Å². The van der Waals surface area contributed by atoms with E-state index in [0.29, 0.717) is 0 Å². The highest BCUT2D eigenvalue weighted by Crippen LogP contribution is 2.26. The summed E-state index contributed by atoms with van der Waals surface area (Å²) < 4.78 is 7.08. The van der Waals surface area contributed by atoms with E-state index in [1.54, 1.807) is 6.20 Å². The van der Waals surface area contributed by atoms with Gasteiger partial charge in [-0.25, -0.2) is 4.98 Å². The zero-order valence-electron chi connectivity index (χ0n) is 6.86. The molecule has 12 heavy (non-hydrogen) atoms. The van der Waals surface area contributed by atoms with E-state index in [1.165, 1.54) is 6.92 Å². The van der Waals surface area contributed by atoms with Crippen molar-refractivity contribution in [2.45, 2.75) is 26.0 Å². The maximum atomic E-state index is 10.7. The molecule has 4 heteroatoms. The summed E-state index contributed by atoms with van der Waals surface area (Å²) in [7, 11) is 0. The highest BCUT2D eigenvalue weighted by Gasteiger charge is 2.25. The Kier molecular flexibility index (Phi) is 1.60. The van der Waals surface area contributed by atoms with Gasteiger partial charge in [-0.1, -0.05) is 0 Å². The molecule has 0 fully saturated rings. The molecule has 0 radical (unpaired) electrons. The Morgan fingerprint density at radius 3 is 3.42 bits per heavy atom. The van der Waals surface area contributed by atoms with Crippen LogP contribution in [-0.2, 0) is 16.1 Å². The van der Waals surface area contributed by atoms with Gasteiger partial charge in [-0.15, -0.1) is 0 Å². The summed E-state index contributed by atoms with van der Waals surface area (Å²) in [5.41, 5.74) is 0. The van der Waals surface area contributed by atoms with Gasteiger partial charge in [-0.3, -0.25) is 4.79 Å². The molecular formula is C8H10N2O2. The van der Waals surface area contributed by atoms with Crippen LogP contribution >= 0.6 is 0 Å². The van der Waals surface area contributed by atoms with Crippen LogP contribution in [-0.4, -0.2) is 15.5 Å². The van der Waals surface area contributed by atoms with Crippen LogP contribution in [0.5, 0.6) is 0 Å². The fourth-order valence-electron chi connectivity index (χ4n) is 1.50. The second-order valence-corrected chi connectivity index (χ2v) is 2.87. The van der Waals surface area contributed by atoms with Crippen LogP contribution in [0.2, 0.25) is 0 Å². The fourth-order valence-corrected chi connectivity index (χ4v) is 1.50. The van der Waals surface area contributed by atoms with E-state index in [4.69, 9.17) is 4.74 Å². The Morgan fingerprint density at radius 1 is 1.83 bits per heavy atom. The van der Waals surface area contributed by atoms with Gasteiger partial charge in [-0.05, 0) is 0 Å². The summed E-state index contributed by atoms with van der Waals surface area (Å²) in [4.78, 5) is 14.8. The summed E-state index contributed by atoms with van der Waals surface area (Å²) in [6.07, 6.45) is 4.35. The first kappa shape index (κ1) is 7.34. The van der Waals surface area contributed by atoms with Gasteiger partial charge < -0.3 is 9.30 Å². The molecular weight excluding hydrogens is 156 g/mol. The van der Waals surface area contributed by atoms with Crippen LogP contribution in [0.25, 0.3) is 0 Å². The van der Waals surface area contributed by atoms with Gasteiger partial charge in [0.1, 0.15) is 5.82 Å². The maximum absolute atomic E-state index is 10.7. The normalized spacial score (nSPS) is 20.6. The number of imidazole rings is 1. The highest BCUT2D eigenvalue weighted by atomic mass is 16.5. The second-order valence-electron chi connectivity index (χ2n) is 2.87. The van der Waals surface area contributed by atoms with Crippen molar-refractivity contribution in [3.63, 3.8) is 0 Å². The van der Waals surface area contributed by atoms with Gasteiger partial charge in [0.2, 0.25) is 0 Å². The molecule has 64 valence electrons. The van der Waals surface area contributed by atoms with Crippen molar-refractivity contribution >= 4 is 5.97 Å². The number of nitrogens with zero attached hydrogens (tertiary/aromatic N) is 2. The zero-order chi connectivity index (χ0) is 8.55. The van der Waals surface area contributed by atoms with Crippen LogP contribution in [0.3, 0.4) is 0 Å². The summed E-state index contributed by atoms with van der Waals surface area (Å²) in [6, 6.07) is 0. The van der Waals surface area contributed by atoms with E-state index >= 15 is 0 Å². The number of aromatic nitrogens is 2. The highest BCUT2D eigenvalue weighted by molar-refractivity contribution is 5.66. The molecule has 1 aromatic heterocycles. The lowest BCUT2D eigenvalue weighted by atomic mass is 10.3. The first-order valence-electron chi connectivity index (χ1n) is 3.95. The molecule has 4 nitrogen and oxygen atoms in total. The molecule has 0 N–H and O–H groups in total. The van der Waals surface area contributed by atoms with Crippen molar-refractivity contribution in [3.8, 4) is 0 Å². The lowest BCUT2D eigenvalue weighted by Crippen LogP contribution is -2.06. The molecule has 2 rings (SSSR count). The van der Waals surface area contributed by atoms with Crippen LogP contribution in [0.4, 0.5) is 0 Å². The van der Waals surface area contributed by atoms with Crippen molar-refractivity contribution in [2.75, 3.05) is 0 Å². The molecule has 1 aliphatic heterocycles. The molecule has 2 heterocycles. The maximum Gasteiger partial charge on any atom is 0.303 e. The van der Waals surface area contributed by atoms with E-state index in [-0.39, 0.29) is 12.1 Å². The summed E-state index contributed by atoms with van der Waals surface area (Å²) in [5.74, 6) is 0.627. The lowest BCUT2D eigenvalue weighted by Gasteiger charge is -2.07. The van der Waals surface area contributed by atoms with Crippen LogP contribution < -0.4 is 0 Å². The average molecular weight is 166 g/mol. The molecule has 0 saturated carbocycles. The molecule has 1 aromatic rings. The van der Waals surface area contributed by atoms with Crippen molar-refractivity contribution in [2.24, 2.45) is 0 Å². The summed E-state index contributed by atoms with van der Waals surface area (Å²) in [6.45, 7) is 2.32. The predicted octanol–water partition coefficient (Wildman–Crippen LogP) is 0.891. The summed E-state index contributed by atoms with van der Waals surface area (Å²) >= 11 is 0. The van der Waals surface area contributed by atoms with Crippen LogP contribution in [0.15, 0.2) is 12.4 Å². The Hall–Kier alpha value is -1.32. The van der Waals surface area contributed by atoms with Crippen LogP contribution in [0.1, 0.15) is 25.3 Å². The summed E-state index contributed by atoms with van der Waals surface area (Å²) in [5, 5.41) is 0. The van der Waals surface area contributed by atoms with Crippen molar-refractivity contribution < 1.29 is 9.53 Å². The number of ether oxygens (including phenoxy) is 1. The molecule has 0 aliphatic carbocycles. The third-order valence-electron chi connectivity index (χ3n) is 1.98. The molecule has 0 bridgehead atoms. The zero-order valence-corrected chi connectivity index (χ0v) is 6.86. The van der Waals surface area contributed by atoms with E-state index in [2.05, 4.69) is 4.98 Å². The molecule has 1 unspecified atom stereocenters. The van der Waals surface area contributed by atoms with E-state index in [0.717, 1.165) is 18.8 Å². The first-order valence-corrected chi connectivity index (χ1v) is 3.95. The van der Waals surface area contributed by atoms with Crippen LogP contribution in [0, 0.1) is 0 Å². The number of carbonyl (C=O) groups is 1. The number of carbonyl (C=O) groups excluding carboxylic acids is 1. The van der Waals surface area contributed by atoms with E-state index in [1.807, 2.05) is 10.8 Å². The first-order chi connectivity index (χ1) is 5.77. The topological polar surface area (TPSA) is 44.1 Å². The minimum atomic E-state index is -0.239. The molecule has 0 saturated heterocycles. The van der Waals surface area contributed by atoms with E-state index in [9.17, 15) is 4.79 Å². The van der Waals surface area contributed by atoms with Gasteiger partial charge in [-0.2, -0.15) is 0 Å². The number of hydrogen-bond donors (Lipinski definition) is 0.